The topological polar surface area (TPSA) is 26.0 Å². The standard InChI is InChI=1S/C13H14BrNS/c1-2-11(15)13-8-7-12(16-13)9-5-3-4-6-10(9)14/h3-8,11H,2,15H2,1H3. The lowest BCUT2D eigenvalue weighted by molar-refractivity contribution is 0.712. The first-order valence-corrected chi connectivity index (χ1v) is 6.93. The fraction of sp³-hybridized carbons (Fsp3) is 0.231. The Labute approximate surface area is 108 Å². The van der Waals surface area contributed by atoms with Gasteiger partial charge in [0.2, 0.25) is 0 Å². The summed E-state index contributed by atoms with van der Waals surface area (Å²) in [5, 5.41) is 0. The van der Waals surface area contributed by atoms with Gasteiger partial charge in [0.05, 0.1) is 0 Å². The molecule has 3 heteroatoms. The molecular formula is C13H14BrNS. The summed E-state index contributed by atoms with van der Waals surface area (Å²) in [5.74, 6) is 0. The van der Waals surface area contributed by atoms with Gasteiger partial charge in [-0.25, -0.2) is 0 Å². The molecule has 84 valence electrons. The van der Waals surface area contributed by atoms with Crippen LogP contribution in [-0.4, -0.2) is 0 Å². The molecule has 0 radical (unpaired) electrons. The Kier molecular flexibility index (Phi) is 3.79. The van der Waals surface area contributed by atoms with Crippen LogP contribution < -0.4 is 5.73 Å². The molecule has 0 saturated heterocycles. The van der Waals surface area contributed by atoms with Crippen molar-refractivity contribution in [2.45, 2.75) is 19.4 Å². The molecule has 0 spiro atoms. The van der Waals surface area contributed by atoms with E-state index in [0.29, 0.717) is 0 Å². The highest BCUT2D eigenvalue weighted by Gasteiger charge is 2.09. The van der Waals surface area contributed by atoms with E-state index in [9.17, 15) is 0 Å². The van der Waals surface area contributed by atoms with E-state index in [1.807, 2.05) is 6.07 Å². The van der Waals surface area contributed by atoms with Crippen LogP contribution in [0.4, 0.5) is 0 Å². The molecule has 1 atom stereocenters. The second-order valence-corrected chi connectivity index (χ2v) is 5.67. The zero-order chi connectivity index (χ0) is 11.5. The number of hydrogen-bond donors (Lipinski definition) is 1. The van der Waals surface area contributed by atoms with Crippen molar-refractivity contribution >= 4 is 27.3 Å². The van der Waals surface area contributed by atoms with Crippen LogP contribution in [0.3, 0.4) is 0 Å². The minimum atomic E-state index is 0.168. The Bertz CT molecular complexity index is 478. The average Bonchev–Trinajstić information content (AvgIpc) is 2.78. The van der Waals surface area contributed by atoms with Gasteiger partial charge in [-0.1, -0.05) is 41.1 Å². The van der Waals surface area contributed by atoms with Crippen LogP contribution in [0.2, 0.25) is 0 Å². The van der Waals surface area contributed by atoms with Crippen molar-refractivity contribution in [1.29, 1.82) is 0 Å². The van der Waals surface area contributed by atoms with E-state index in [2.05, 4.69) is 53.2 Å². The number of halogens is 1. The maximum absolute atomic E-state index is 6.02. The lowest BCUT2D eigenvalue weighted by Crippen LogP contribution is -2.05. The van der Waals surface area contributed by atoms with E-state index in [0.717, 1.165) is 10.9 Å². The van der Waals surface area contributed by atoms with E-state index in [1.54, 1.807) is 11.3 Å². The molecule has 0 fully saturated rings. The first kappa shape index (κ1) is 11.8. The summed E-state index contributed by atoms with van der Waals surface area (Å²) in [4.78, 5) is 2.53. The molecule has 0 aliphatic carbocycles. The molecule has 1 unspecified atom stereocenters. The second-order valence-electron chi connectivity index (χ2n) is 3.70. The van der Waals surface area contributed by atoms with Crippen LogP contribution in [0.5, 0.6) is 0 Å². The zero-order valence-electron chi connectivity index (χ0n) is 9.11. The van der Waals surface area contributed by atoms with Crippen LogP contribution in [0.1, 0.15) is 24.3 Å². The van der Waals surface area contributed by atoms with Gasteiger partial charge in [0.1, 0.15) is 0 Å². The molecule has 0 bridgehead atoms. The van der Waals surface area contributed by atoms with Gasteiger partial charge in [0, 0.05) is 25.8 Å². The molecule has 1 heterocycles. The van der Waals surface area contributed by atoms with Crippen molar-refractivity contribution in [3.8, 4) is 10.4 Å². The molecule has 0 aliphatic heterocycles. The number of thiophene rings is 1. The summed E-state index contributed by atoms with van der Waals surface area (Å²) in [5.41, 5.74) is 7.26. The summed E-state index contributed by atoms with van der Waals surface area (Å²) in [7, 11) is 0. The molecule has 0 amide bonds. The van der Waals surface area contributed by atoms with Crippen molar-refractivity contribution in [2.24, 2.45) is 5.73 Å². The quantitative estimate of drug-likeness (QED) is 0.881. The molecule has 1 nitrogen and oxygen atoms in total. The average molecular weight is 296 g/mol. The van der Waals surface area contributed by atoms with E-state index in [1.165, 1.54) is 15.3 Å². The van der Waals surface area contributed by atoms with Gasteiger partial charge in [-0.2, -0.15) is 0 Å². The highest BCUT2D eigenvalue weighted by Crippen LogP contribution is 2.35. The highest BCUT2D eigenvalue weighted by molar-refractivity contribution is 9.10. The van der Waals surface area contributed by atoms with Crippen LogP contribution in [0, 0.1) is 0 Å². The van der Waals surface area contributed by atoms with Gasteiger partial charge in [-0.3, -0.25) is 0 Å². The lowest BCUT2D eigenvalue weighted by atomic mass is 10.2. The normalized spacial score (nSPS) is 12.7. The summed E-state index contributed by atoms with van der Waals surface area (Å²) >= 11 is 5.35. The van der Waals surface area contributed by atoms with Crippen molar-refractivity contribution in [3.05, 3.63) is 45.7 Å². The van der Waals surface area contributed by atoms with Crippen molar-refractivity contribution in [1.82, 2.24) is 0 Å². The van der Waals surface area contributed by atoms with E-state index in [-0.39, 0.29) is 6.04 Å². The van der Waals surface area contributed by atoms with Crippen LogP contribution in [0.25, 0.3) is 10.4 Å². The third-order valence-electron chi connectivity index (χ3n) is 2.57. The highest BCUT2D eigenvalue weighted by atomic mass is 79.9. The maximum Gasteiger partial charge on any atom is 0.0387 e. The minimum absolute atomic E-state index is 0.168. The minimum Gasteiger partial charge on any atom is -0.323 e. The monoisotopic (exact) mass is 295 g/mol. The van der Waals surface area contributed by atoms with E-state index >= 15 is 0 Å². The van der Waals surface area contributed by atoms with E-state index in [4.69, 9.17) is 5.73 Å². The smallest absolute Gasteiger partial charge is 0.0387 e. The predicted octanol–water partition coefficient (Wildman–Crippen LogP) is 4.59. The van der Waals surface area contributed by atoms with Gasteiger partial charge in [0.15, 0.2) is 0 Å². The third kappa shape index (κ3) is 2.37. The number of rotatable bonds is 3. The van der Waals surface area contributed by atoms with Gasteiger partial charge < -0.3 is 5.73 Å². The number of benzene rings is 1. The van der Waals surface area contributed by atoms with Gasteiger partial charge in [-0.15, -0.1) is 11.3 Å². The second kappa shape index (κ2) is 5.13. The SMILES string of the molecule is CCC(N)c1ccc(-c2ccccc2Br)s1. The lowest BCUT2D eigenvalue weighted by Gasteiger charge is -2.04. The Hall–Kier alpha value is -0.640. The molecule has 0 saturated carbocycles. The van der Waals surface area contributed by atoms with Gasteiger partial charge in [-0.05, 0) is 24.6 Å². The van der Waals surface area contributed by atoms with Gasteiger partial charge >= 0.3 is 0 Å². The van der Waals surface area contributed by atoms with Crippen LogP contribution >= 0.6 is 27.3 Å². The maximum atomic E-state index is 6.02. The molecule has 16 heavy (non-hydrogen) atoms. The van der Waals surface area contributed by atoms with Gasteiger partial charge in [0.25, 0.3) is 0 Å². The third-order valence-corrected chi connectivity index (χ3v) is 4.51. The summed E-state index contributed by atoms with van der Waals surface area (Å²) in [6.07, 6.45) is 0.982. The Morgan fingerprint density at radius 3 is 2.69 bits per heavy atom. The first-order chi connectivity index (χ1) is 7.72. The summed E-state index contributed by atoms with van der Waals surface area (Å²) in [6.45, 7) is 2.11. The van der Waals surface area contributed by atoms with Crippen molar-refractivity contribution < 1.29 is 0 Å². The molecule has 1 aromatic heterocycles. The largest absolute Gasteiger partial charge is 0.323 e. The Balaban J connectivity index is 2.35. The molecule has 2 N–H and O–H groups in total. The summed E-state index contributed by atoms with van der Waals surface area (Å²) in [6, 6.07) is 12.7. The summed E-state index contributed by atoms with van der Waals surface area (Å²) < 4.78 is 1.13. The van der Waals surface area contributed by atoms with E-state index < -0.39 is 0 Å². The molecular weight excluding hydrogens is 282 g/mol. The number of nitrogens with two attached hydrogens (primary N) is 1. The van der Waals surface area contributed by atoms with Crippen LogP contribution in [0.15, 0.2) is 40.9 Å². The first-order valence-electron chi connectivity index (χ1n) is 5.32. The molecule has 2 rings (SSSR count). The van der Waals surface area contributed by atoms with Crippen molar-refractivity contribution in [2.75, 3.05) is 0 Å². The Morgan fingerprint density at radius 2 is 2.00 bits per heavy atom. The number of hydrogen-bond acceptors (Lipinski definition) is 2. The predicted molar refractivity (Wildman–Crippen MR) is 74.7 cm³/mol. The van der Waals surface area contributed by atoms with Crippen LogP contribution in [-0.2, 0) is 0 Å². The molecule has 1 aromatic carbocycles. The molecule has 0 aliphatic rings. The molecule has 2 aromatic rings. The fourth-order valence-electron chi connectivity index (χ4n) is 1.56. The fourth-order valence-corrected chi connectivity index (χ4v) is 3.32. The zero-order valence-corrected chi connectivity index (χ0v) is 11.5. The van der Waals surface area contributed by atoms with Crippen molar-refractivity contribution in [3.63, 3.8) is 0 Å². The Morgan fingerprint density at radius 1 is 1.25 bits per heavy atom.